The summed E-state index contributed by atoms with van der Waals surface area (Å²) in [6.07, 6.45) is -3.57. The lowest BCUT2D eigenvalue weighted by molar-refractivity contribution is -0.0634. The van der Waals surface area contributed by atoms with Crippen molar-refractivity contribution in [3.63, 3.8) is 0 Å². The molecule has 1 aromatic carbocycles. The minimum atomic E-state index is -1.80. The van der Waals surface area contributed by atoms with E-state index in [9.17, 15) is 0 Å². The lowest BCUT2D eigenvalue weighted by atomic mass is 10.1. The number of aliphatic hydroxyl groups is 4. The van der Waals surface area contributed by atoms with E-state index >= 15 is 0 Å². The monoisotopic (exact) mass is 227 g/mol. The van der Waals surface area contributed by atoms with Crippen LogP contribution in [0.4, 0.5) is 5.69 Å². The molecule has 0 saturated carbocycles. The summed E-state index contributed by atoms with van der Waals surface area (Å²) < 4.78 is 0. The molecule has 15 heavy (non-hydrogen) atoms. The van der Waals surface area contributed by atoms with Crippen molar-refractivity contribution >= 4 is 23.1 Å². The average molecular weight is 227 g/mol. The highest BCUT2D eigenvalue weighted by molar-refractivity contribution is 7.78. The quantitative estimate of drug-likeness (QED) is 0.340. The summed E-state index contributed by atoms with van der Waals surface area (Å²) in [7, 11) is 0. The van der Waals surface area contributed by atoms with Gasteiger partial charge in [-0.2, -0.15) is 4.99 Å². The van der Waals surface area contributed by atoms with Crippen molar-refractivity contribution in [2.24, 2.45) is 4.99 Å². The molecule has 1 rings (SSSR count). The molecule has 1 aromatic rings. The van der Waals surface area contributed by atoms with E-state index in [4.69, 9.17) is 20.4 Å². The van der Waals surface area contributed by atoms with Crippen LogP contribution in [0, 0.1) is 0 Å². The molecule has 0 unspecified atom stereocenters. The number of aliphatic imine (C=N–C) groups is 1. The molecule has 0 aromatic heterocycles. The van der Waals surface area contributed by atoms with E-state index < -0.39 is 12.6 Å². The van der Waals surface area contributed by atoms with Gasteiger partial charge in [0.1, 0.15) is 0 Å². The Morgan fingerprint density at radius 1 is 1.07 bits per heavy atom. The molecule has 0 aliphatic rings. The summed E-state index contributed by atoms with van der Waals surface area (Å²) in [4.78, 5) is 3.63. The lowest BCUT2D eigenvalue weighted by Crippen LogP contribution is -2.05. The molecule has 0 amide bonds. The van der Waals surface area contributed by atoms with Crippen LogP contribution in [0.3, 0.4) is 0 Å². The van der Waals surface area contributed by atoms with E-state index in [1.54, 1.807) is 0 Å². The van der Waals surface area contributed by atoms with Crippen LogP contribution in [0.5, 0.6) is 0 Å². The molecule has 0 heterocycles. The zero-order valence-corrected chi connectivity index (χ0v) is 8.35. The molecule has 0 spiro atoms. The third-order valence-corrected chi connectivity index (χ3v) is 1.89. The predicted molar refractivity (Wildman–Crippen MR) is 55.5 cm³/mol. The largest absolute Gasteiger partial charge is 0.364 e. The molecular formula is C9H9NO4S. The highest BCUT2D eigenvalue weighted by Gasteiger charge is 2.14. The summed E-state index contributed by atoms with van der Waals surface area (Å²) in [5.74, 6) is 0. The second kappa shape index (κ2) is 5.09. The average Bonchev–Trinajstić information content (AvgIpc) is 2.17. The Balaban J connectivity index is 3.26. The van der Waals surface area contributed by atoms with Gasteiger partial charge in [-0.05, 0) is 24.4 Å². The van der Waals surface area contributed by atoms with E-state index in [2.05, 4.69) is 22.4 Å². The molecule has 0 bridgehead atoms. The van der Waals surface area contributed by atoms with Gasteiger partial charge in [0.15, 0.2) is 12.6 Å². The van der Waals surface area contributed by atoms with Crippen molar-refractivity contribution in [3.8, 4) is 0 Å². The number of hydrogen-bond donors (Lipinski definition) is 4. The standard InChI is InChI=1S/C9H9NO4S/c11-8(12)6-2-1-5(10-4-15)3-7(6)9(13)14/h1-3,8-9,11-14H. The molecule has 6 heteroatoms. The molecule has 80 valence electrons. The third kappa shape index (κ3) is 2.90. The van der Waals surface area contributed by atoms with Gasteiger partial charge in [-0.3, -0.25) is 0 Å². The van der Waals surface area contributed by atoms with E-state index in [0.29, 0.717) is 5.69 Å². The van der Waals surface area contributed by atoms with Crippen LogP contribution >= 0.6 is 12.2 Å². The summed E-state index contributed by atoms with van der Waals surface area (Å²) in [6, 6.07) is 4.07. The number of isothiocyanates is 1. The van der Waals surface area contributed by atoms with E-state index in [-0.39, 0.29) is 11.1 Å². The fourth-order valence-electron chi connectivity index (χ4n) is 1.14. The van der Waals surface area contributed by atoms with Gasteiger partial charge in [0, 0.05) is 11.1 Å². The van der Waals surface area contributed by atoms with Crippen LogP contribution in [0.25, 0.3) is 0 Å². The first-order valence-electron chi connectivity index (χ1n) is 4.00. The molecule has 0 radical (unpaired) electrons. The van der Waals surface area contributed by atoms with Gasteiger partial charge in [0.2, 0.25) is 0 Å². The van der Waals surface area contributed by atoms with E-state index in [1.807, 2.05) is 0 Å². The Morgan fingerprint density at radius 2 is 1.67 bits per heavy atom. The molecule has 0 aliphatic carbocycles. The fourth-order valence-corrected chi connectivity index (χ4v) is 1.25. The Kier molecular flexibility index (Phi) is 4.05. The minimum Gasteiger partial charge on any atom is -0.364 e. The van der Waals surface area contributed by atoms with Crippen LogP contribution in [0.2, 0.25) is 0 Å². The molecule has 5 nitrogen and oxygen atoms in total. The Hall–Kier alpha value is -1.14. The van der Waals surface area contributed by atoms with Gasteiger partial charge >= 0.3 is 0 Å². The maximum Gasteiger partial charge on any atom is 0.178 e. The van der Waals surface area contributed by atoms with E-state index in [0.717, 1.165) is 0 Å². The number of hydrogen-bond acceptors (Lipinski definition) is 6. The maximum atomic E-state index is 8.99. The van der Waals surface area contributed by atoms with Crippen molar-refractivity contribution < 1.29 is 20.4 Å². The first kappa shape index (κ1) is 11.9. The van der Waals surface area contributed by atoms with Gasteiger partial charge in [-0.25, -0.2) is 0 Å². The third-order valence-electron chi connectivity index (χ3n) is 1.80. The van der Waals surface area contributed by atoms with Crippen LogP contribution in [-0.2, 0) is 0 Å². The number of aliphatic hydroxyl groups excluding tert-OH is 2. The van der Waals surface area contributed by atoms with Crippen LogP contribution in [0.1, 0.15) is 23.7 Å². The minimum absolute atomic E-state index is 0.00770. The van der Waals surface area contributed by atoms with Crippen LogP contribution in [-0.4, -0.2) is 25.6 Å². The normalized spacial score (nSPS) is 10.5. The van der Waals surface area contributed by atoms with Crippen LogP contribution < -0.4 is 0 Å². The van der Waals surface area contributed by atoms with Crippen molar-refractivity contribution in [1.29, 1.82) is 0 Å². The molecule has 0 aliphatic heterocycles. The summed E-state index contributed by atoms with van der Waals surface area (Å²) >= 11 is 4.39. The Labute approximate surface area is 91.0 Å². The highest BCUT2D eigenvalue weighted by Crippen LogP contribution is 2.26. The Morgan fingerprint density at radius 3 is 2.13 bits per heavy atom. The second-order valence-corrected chi connectivity index (χ2v) is 2.95. The molecular weight excluding hydrogens is 218 g/mol. The van der Waals surface area contributed by atoms with Gasteiger partial charge in [0.05, 0.1) is 10.8 Å². The molecule has 0 saturated heterocycles. The summed E-state index contributed by atoms with van der Waals surface area (Å²) in [5.41, 5.74) is 0.335. The van der Waals surface area contributed by atoms with Crippen molar-refractivity contribution in [2.45, 2.75) is 12.6 Å². The van der Waals surface area contributed by atoms with Gasteiger partial charge < -0.3 is 20.4 Å². The summed E-state index contributed by atoms with van der Waals surface area (Å²) in [6.45, 7) is 0. The molecule has 0 fully saturated rings. The van der Waals surface area contributed by atoms with Crippen molar-refractivity contribution in [3.05, 3.63) is 29.3 Å². The topological polar surface area (TPSA) is 93.3 Å². The maximum absolute atomic E-state index is 8.99. The number of rotatable bonds is 3. The van der Waals surface area contributed by atoms with Gasteiger partial charge in [0.25, 0.3) is 0 Å². The summed E-state index contributed by atoms with van der Waals surface area (Å²) in [5, 5.41) is 38.0. The SMILES string of the molecule is OC(O)c1ccc(N=C=S)cc1C(O)O. The van der Waals surface area contributed by atoms with E-state index in [1.165, 1.54) is 18.2 Å². The Bertz CT molecular complexity index is 399. The first-order valence-corrected chi connectivity index (χ1v) is 4.41. The zero-order chi connectivity index (χ0) is 11.4. The number of nitrogens with zero attached hydrogens (tertiary/aromatic N) is 1. The molecule has 0 atom stereocenters. The van der Waals surface area contributed by atoms with Crippen LogP contribution in [0.15, 0.2) is 23.2 Å². The first-order chi connectivity index (χ1) is 7.06. The number of thiocarbonyl (C=S) groups is 1. The zero-order valence-electron chi connectivity index (χ0n) is 7.53. The van der Waals surface area contributed by atoms with Crippen molar-refractivity contribution in [1.82, 2.24) is 0 Å². The van der Waals surface area contributed by atoms with Crippen molar-refractivity contribution in [2.75, 3.05) is 0 Å². The second-order valence-electron chi connectivity index (χ2n) is 2.76. The van der Waals surface area contributed by atoms with Gasteiger partial charge in [-0.15, -0.1) is 0 Å². The predicted octanol–water partition coefficient (Wildman–Crippen LogP) is 0.387. The highest BCUT2D eigenvalue weighted by atomic mass is 32.1. The smallest absolute Gasteiger partial charge is 0.178 e. The molecule has 4 N–H and O–H groups in total. The number of benzene rings is 1. The fraction of sp³-hybridized carbons (Fsp3) is 0.222. The lowest BCUT2D eigenvalue weighted by Gasteiger charge is -2.12. The van der Waals surface area contributed by atoms with Gasteiger partial charge in [-0.1, -0.05) is 6.07 Å².